The van der Waals surface area contributed by atoms with Gasteiger partial charge in [0.1, 0.15) is 0 Å². The molecule has 2 nitrogen and oxygen atoms in total. The van der Waals surface area contributed by atoms with E-state index in [0.717, 1.165) is 12.3 Å². The molecule has 2 aliphatic rings. The average Bonchev–Trinajstić information content (AvgIpc) is 3.17. The van der Waals surface area contributed by atoms with Crippen LogP contribution in [0, 0.1) is 0 Å². The van der Waals surface area contributed by atoms with Crippen LogP contribution in [0.2, 0.25) is 0 Å². The van der Waals surface area contributed by atoms with Crippen LogP contribution in [0.1, 0.15) is 58.2 Å². The van der Waals surface area contributed by atoms with Crippen molar-refractivity contribution in [1.82, 2.24) is 0 Å². The molecule has 0 spiro atoms. The molecule has 4 aromatic rings. The zero-order valence-electron chi connectivity index (χ0n) is 22.9. The summed E-state index contributed by atoms with van der Waals surface area (Å²) in [7, 11) is -2.56. The Morgan fingerprint density at radius 1 is 0.703 bits per heavy atom. The van der Waals surface area contributed by atoms with Crippen LogP contribution in [-0.2, 0) is 17.4 Å². The Bertz CT molecular complexity index is 1410. The number of ether oxygens (including phenoxy) is 1. The molecule has 6 rings (SSSR count). The first-order valence-electron chi connectivity index (χ1n) is 13.4. The molecule has 3 heteroatoms. The number of anilines is 1. The van der Waals surface area contributed by atoms with Crippen molar-refractivity contribution in [1.29, 1.82) is 0 Å². The second kappa shape index (κ2) is 8.47. The van der Waals surface area contributed by atoms with Crippen LogP contribution in [0.5, 0.6) is 5.75 Å². The fraction of sp³-hybridized carbons (Fsp3) is 0.294. The molecule has 4 aromatic carbocycles. The minimum absolute atomic E-state index is 0.0251. The SMILES string of the molecule is CC(C)(C)c1cc2c(c(C(C)(C)C)c1)O[C@@H]1N(C2)c2ccccc2[PH]1(c1ccccc1)c1ccccc1. The molecule has 37 heavy (non-hydrogen) atoms. The molecule has 0 bridgehead atoms. The third-order valence-electron chi connectivity index (χ3n) is 8.16. The number of hydrogen-bond acceptors (Lipinski definition) is 2. The first kappa shape index (κ1) is 24.3. The minimum atomic E-state index is -2.56. The van der Waals surface area contributed by atoms with Gasteiger partial charge in [0.15, 0.2) is 0 Å². The molecule has 0 fully saturated rings. The first-order valence-corrected chi connectivity index (χ1v) is 15.5. The summed E-state index contributed by atoms with van der Waals surface area (Å²) in [6.45, 7) is 14.7. The van der Waals surface area contributed by atoms with Crippen LogP contribution in [0.25, 0.3) is 0 Å². The Morgan fingerprint density at radius 3 is 1.84 bits per heavy atom. The predicted octanol–water partition coefficient (Wildman–Crippen LogP) is 7.00. The number of nitrogens with zero attached hydrogens (tertiary/aromatic N) is 1. The molecular formula is C34H38NOP. The van der Waals surface area contributed by atoms with Gasteiger partial charge in [-0.25, -0.2) is 0 Å². The maximum absolute atomic E-state index is 7.38. The van der Waals surface area contributed by atoms with Gasteiger partial charge in [0.25, 0.3) is 0 Å². The Hall–Kier alpha value is -3.09. The quantitative estimate of drug-likeness (QED) is 0.271. The zero-order chi connectivity index (χ0) is 26.0. The molecule has 1 atom stereocenters. The molecule has 0 radical (unpaired) electrons. The Labute approximate surface area is 222 Å². The molecular weight excluding hydrogens is 469 g/mol. The normalized spacial score (nSPS) is 18.9. The third kappa shape index (κ3) is 3.72. The molecule has 0 amide bonds. The molecule has 2 aliphatic heterocycles. The van der Waals surface area contributed by atoms with E-state index >= 15 is 0 Å². The molecule has 0 aliphatic carbocycles. The predicted molar refractivity (Wildman–Crippen MR) is 161 cm³/mol. The van der Waals surface area contributed by atoms with E-state index in [9.17, 15) is 0 Å². The molecule has 0 saturated heterocycles. The van der Waals surface area contributed by atoms with Crippen molar-refractivity contribution < 1.29 is 4.74 Å². The summed E-state index contributed by atoms with van der Waals surface area (Å²) in [5, 5.41) is 4.24. The van der Waals surface area contributed by atoms with Crippen molar-refractivity contribution in [3.8, 4) is 5.75 Å². The van der Waals surface area contributed by atoms with Gasteiger partial charge in [0.05, 0.1) is 0 Å². The van der Waals surface area contributed by atoms with Crippen molar-refractivity contribution in [2.45, 2.75) is 64.9 Å². The summed E-state index contributed by atoms with van der Waals surface area (Å²) < 4.78 is 7.38. The van der Waals surface area contributed by atoms with E-state index in [1.165, 1.54) is 38.3 Å². The van der Waals surface area contributed by atoms with Gasteiger partial charge < -0.3 is 0 Å². The first-order chi connectivity index (χ1) is 17.6. The maximum atomic E-state index is 7.38. The van der Waals surface area contributed by atoms with Crippen LogP contribution in [0.3, 0.4) is 0 Å². The van der Waals surface area contributed by atoms with Gasteiger partial charge in [-0.2, -0.15) is 0 Å². The van der Waals surface area contributed by atoms with Gasteiger partial charge >= 0.3 is 223 Å². The monoisotopic (exact) mass is 507 g/mol. The van der Waals surface area contributed by atoms with Crippen LogP contribution < -0.4 is 25.6 Å². The summed E-state index contributed by atoms with van der Waals surface area (Å²) >= 11 is 0. The van der Waals surface area contributed by atoms with E-state index in [1.807, 2.05) is 0 Å². The van der Waals surface area contributed by atoms with Crippen molar-refractivity contribution in [3.05, 3.63) is 114 Å². The second-order valence-electron chi connectivity index (χ2n) is 12.7. The van der Waals surface area contributed by atoms with Gasteiger partial charge in [-0.3, -0.25) is 0 Å². The van der Waals surface area contributed by atoms with Crippen LogP contribution in [0.15, 0.2) is 97.1 Å². The Balaban J connectivity index is 1.65. The Morgan fingerprint density at radius 2 is 1.27 bits per heavy atom. The van der Waals surface area contributed by atoms with Crippen LogP contribution >= 0.6 is 7.26 Å². The van der Waals surface area contributed by atoms with Crippen molar-refractivity contribution in [2.24, 2.45) is 0 Å². The van der Waals surface area contributed by atoms with E-state index in [-0.39, 0.29) is 16.8 Å². The van der Waals surface area contributed by atoms with Crippen molar-refractivity contribution in [2.75, 3.05) is 4.90 Å². The molecule has 0 aromatic heterocycles. The molecule has 190 valence electrons. The number of para-hydroxylation sites is 1. The summed E-state index contributed by atoms with van der Waals surface area (Å²) in [6.07, 6.45) is 0. The number of benzene rings is 4. The van der Waals surface area contributed by atoms with Gasteiger partial charge in [-0.15, -0.1) is 0 Å². The topological polar surface area (TPSA) is 12.5 Å². The number of fused-ring (bicyclic) bond motifs is 4. The molecule has 0 N–H and O–H groups in total. The van der Waals surface area contributed by atoms with Crippen LogP contribution in [0.4, 0.5) is 5.69 Å². The number of rotatable bonds is 2. The van der Waals surface area contributed by atoms with Gasteiger partial charge in [0.2, 0.25) is 0 Å². The number of hydrogen-bond donors (Lipinski definition) is 0. The summed E-state index contributed by atoms with van der Waals surface area (Å²) in [6, 6.07) is 36.1. The van der Waals surface area contributed by atoms with Crippen LogP contribution in [-0.4, -0.2) is 5.97 Å². The van der Waals surface area contributed by atoms with Crippen molar-refractivity contribution in [3.63, 3.8) is 0 Å². The zero-order valence-corrected chi connectivity index (χ0v) is 23.9. The summed E-state index contributed by atoms with van der Waals surface area (Å²) in [5.41, 5.74) is 5.35. The van der Waals surface area contributed by atoms with E-state index in [0.29, 0.717) is 0 Å². The van der Waals surface area contributed by atoms with E-state index < -0.39 is 7.26 Å². The average molecular weight is 508 g/mol. The molecule has 2 heterocycles. The van der Waals surface area contributed by atoms with Gasteiger partial charge in [0, 0.05) is 0 Å². The van der Waals surface area contributed by atoms with E-state index in [4.69, 9.17) is 4.74 Å². The molecule has 0 saturated carbocycles. The van der Waals surface area contributed by atoms with E-state index in [2.05, 4.69) is 144 Å². The molecule has 0 unspecified atom stereocenters. The van der Waals surface area contributed by atoms with Crippen molar-refractivity contribution >= 4 is 28.9 Å². The standard InChI is InChI=1S/C34H38NOP/c1-33(2,3)25-21-24-23-35-29-19-13-14-20-30(29)37(26-15-9-7-10-16-26,27-17-11-8-12-18-27)32(35)36-31(24)28(22-25)34(4,5)6/h7-22,32,37H,23H2,1-6H3/t32-/m0/s1. The summed E-state index contributed by atoms with van der Waals surface area (Å²) in [4.78, 5) is 2.56. The van der Waals surface area contributed by atoms with E-state index in [1.54, 1.807) is 0 Å². The fourth-order valence-corrected chi connectivity index (χ4v) is 11.5. The summed E-state index contributed by atoms with van der Waals surface area (Å²) in [5.74, 6) is 1.04. The Kier molecular flexibility index (Phi) is 5.55. The van der Waals surface area contributed by atoms with Gasteiger partial charge in [-0.1, -0.05) is 0 Å². The second-order valence-corrected chi connectivity index (χ2v) is 16.5. The third-order valence-corrected chi connectivity index (χ3v) is 13.1. The fourth-order valence-electron chi connectivity index (χ4n) is 6.27. The van der Waals surface area contributed by atoms with Gasteiger partial charge in [-0.05, 0) is 0 Å².